The van der Waals surface area contributed by atoms with Crippen LogP contribution in [0.4, 0.5) is 23.0 Å². The summed E-state index contributed by atoms with van der Waals surface area (Å²) in [5.41, 5.74) is 1.76. The highest BCUT2D eigenvalue weighted by Gasteiger charge is 2.19. The molecule has 7 nitrogen and oxygen atoms in total. The van der Waals surface area contributed by atoms with Gasteiger partial charge in [-0.2, -0.15) is 5.26 Å². The van der Waals surface area contributed by atoms with E-state index in [4.69, 9.17) is 5.26 Å². The number of fused-ring (bicyclic) bond motifs is 1. The zero-order valence-electron chi connectivity index (χ0n) is 10.3. The van der Waals surface area contributed by atoms with Crippen LogP contribution in [0.2, 0.25) is 0 Å². The summed E-state index contributed by atoms with van der Waals surface area (Å²) in [5, 5.41) is 17.6. The summed E-state index contributed by atoms with van der Waals surface area (Å²) in [5.74, 6) is 0.894. The van der Waals surface area contributed by atoms with Crippen LogP contribution >= 0.6 is 0 Å². The van der Waals surface area contributed by atoms with E-state index in [-0.39, 0.29) is 12.5 Å². The number of nitrogens with one attached hydrogen (secondary N) is 3. The number of nitrogens with zero attached hydrogens (tertiary/aromatic N) is 3. The van der Waals surface area contributed by atoms with E-state index in [0.717, 1.165) is 0 Å². The molecule has 2 heterocycles. The molecule has 0 aliphatic carbocycles. The van der Waals surface area contributed by atoms with Crippen molar-refractivity contribution in [3.8, 4) is 6.07 Å². The first-order valence-electron chi connectivity index (χ1n) is 5.92. The predicted molar refractivity (Wildman–Crippen MR) is 73.6 cm³/mol. The highest BCUT2D eigenvalue weighted by Crippen LogP contribution is 2.30. The number of amides is 1. The Balaban J connectivity index is 1.95. The summed E-state index contributed by atoms with van der Waals surface area (Å²) in [6.45, 7) is 0.188. The SMILES string of the molecule is N#Cc1cccc(Nc2ncnc3c2NC(=O)CN3)c1. The van der Waals surface area contributed by atoms with Gasteiger partial charge >= 0.3 is 0 Å². The lowest BCUT2D eigenvalue weighted by molar-refractivity contribution is -0.114. The van der Waals surface area contributed by atoms with Crippen molar-refractivity contribution in [3.05, 3.63) is 36.2 Å². The first kappa shape index (κ1) is 11.9. The van der Waals surface area contributed by atoms with Gasteiger partial charge in [0.25, 0.3) is 0 Å². The maximum atomic E-state index is 11.4. The molecule has 0 saturated carbocycles. The lowest BCUT2D eigenvalue weighted by Crippen LogP contribution is -2.28. The van der Waals surface area contributed by atoms with Gasteiger partial charge in [-0.1, -0.05) is 6.07 Å². The lowest BCUT2D eigenvalue weighted by atomic mass is 10.2. The number of carbonyl (C=O) groups is 1. The summed E-state index contributed by atoms with van der Waals surface area (Å²) < 4.78 is 0. The molecule has 0 radical (unpaired) electrons. The van der Waals surface area contributed by atoms with Crippen molar-refractivity contribution in [1.82, 2.24) is 9.97 Å². The molecule has 0 unspecified atom stereocenters. The molecule has 7 heteroatoms. The number of nitriles is 1. The Kier molecular flexibility index (Phi) is 2.89. The minimum absolute atomic E-state index is 0.152. The summed E-state index contributed by atoms with van der Waals surface area (Å²) in [7, 11) is 0. The maximum absolute atomic E-state index is 11.4. The zero-order valence-corrected chi connectivity index (χ0v) is 10.3. The molecular formula is C13H10N6O. The highest BCUT2D eigenvalue weighted by atomic mass is 16.2. The van der Waals surface area contributed by atoms with Gasteiger partial charge < -0.3 is 16.0 Å². The van der Waals surface area contributed by atoms with Crippen LogP contribution in [0, 0.1) is 11.3 Å². The molecule has 3 rings (SSSR count). The molecule has 1 aliphatic rings. The Morgan fingerprint density at radius 3 is 3.10 bits per heavy atom. The molecule has 98 valence electrons. The molecule has 1 aromatic carbocycles. The van der Waals surface area contributed by atoms with Crippen LogP contribution in [-0.4, -0.2) is 22.4 Å². The summed E-state index contributed by atoms with van der Waals surface area (Å²) in [6, 6.07) is 9.06. The fourth-order valence-electron chi connectivity index (χ4n) is 1.88. The van der Waals surface area contributed by atoms with E-state index >= 15 is 0 Å². The number of anilines is 4. The number of aromatic nitrogens is 2. The minimum atomic E-state index is -0.152. The Bertz CT molecular complexity index is 721. The third kappa shape index (κ3) is 2.22. The van der Waals surface area contributed by atoms with Crippen molar-refractivity contribution in [3.63, 3.8) is 0 Å². The minimum Gasteiger partial charge on any atom is -0.359 e. The van der Waals surface area contributed by atoms with Gasteiger partial charge in [0.05, 0.1) is 18.2 Å². The highest BCUT2D eigenvalue weighted by molar-refractivity contribution is 6.03. The third-order valence-corrected chi connectivity index (χ3v) is 2.78. The maximum Gasteiger partial charge on any atom is 0.243 e. The molecule has 0 spiro atoms. The van der Waals surface area contributed by atoms with E-state index in [2.05, 4.69) is 32.0 Å². The van der Waals surface area contributed by atoms with Gasteiger partial charge in [0.15, 0.2) is 11.6 Å². The van der Waals surface area contributed by atoms with E-state index in [1.807, 2.05) is 6.07 Å². The van der Waals surface area contributed by atoms with Crippen molar-refractivity contribution in [2.75, 3.05) is 22.5 Å². The van der Waals surface area contributed by atoms with E-state index < -0.39 is 0 Å². The van der Waals surface area contributed by atoms with Crippen LogP contribution in [-0.2, 0) is 4.79 Å². The van der Waals surface area contributed by atoms with E-state index in [0.29, 0.717) is 28.6 Å². The molecule has 0 fully saturated rings. The van der Waals surface area contributed by atoms with Crippen molar-refractivity contribution in [2.45, 2.75) is 0 Å². The lowest BCUT2D eigenvalue weighted by Gasteiger charge is -2.20. The summed E-state index contributed by atoms with van der Waals surface area (Å²) in [6.07, 6.45) is 1.40. The van der Waals surface area contributed by atoms with E-state index in [1.54, 1.807) is 18.2 Å². The molecule has 1 aliphatic heterocycles. The summed E-state index contributed by atoms with van der Waals surface area (Å²) in [4.78, 5) is 19.6. The van der Waals surface area contributed by atoms with E-state index in [9.17, 15) is 4.79 Å². The van der Waals surface area contributed by atoms with Crippen molar-refractivity contribution in [2.24, 2.45) is 0 Å². The monoisotopic (exact) mass is 266 g/mol. The van der Waals surface area contributed by atoms with Gasteiger partial charge in [-0.3, -0.25) is 4.79 Å². The molecule has 0 atom stereocenters. The fourth-order valence-corrected chi connectivity index (χ4v) is 1.88. The Morgan fingerprint density at radius 2 is 2.25 bits per heavy atom. The van der Waals surface area contributed by atoms with Crippen LogP contribution in [0.5, 0.6) is 0 Å². The molecule has 2 aromatic rings. The predicted octanol–water partition coefficient (Wildman–Crippen LogP) is 1.46. The average Bonchev–Trinajstić information content (AvgIpc) is 2.48. The van der Waals surface area contributed by atoms with Crippen LogP contribution in [0.15, 0.2) is 30.6 Å². The van der Waals surface area contributed by atoms with Crippen LogP contribution in [0.3, 0.4) is 0 Å². The van der Waals surface area contributed by atoms with E-state index in [1.165, 1.54) is 6.33 Å². The second-order valence-corrected chi connectivity index (χ2v) is 4.17. The number of benzene rings is 1. The fraction of sp³-hybridized carbons (Fsp3) is 0.0769. The standard InChI is InChI=1S/C13H10N6O/c14-5-8-2-1-3-9(4-8)18-13-11-12(16-7-17-13)15-6-10(20)19-11/h1-4,7H,6H2,(H,19,20)(H2,15,16,17,18). The Hall–Kier alpha value is -3.14. The zero-order chi connectivity index (χ0) is 13.9. The van der Waals surface area contributed by atoms with Crippen molar-refractivity contribution in [1.29, 1.82) is 5.26 Å². The molecule has 1 aromatic heterocycles. The first-order valence-corrected chi connectivity index (χ1v) is 5.92. The number of hydrogen-bond donors (Lipinski definition) is 3. The smallest absolute Gasteiger partial charge is 0.243 e. The molecule has 20 heavy (non-hydrogen) atoms. The molecule has 1 amide bonds. The molecule has 0 saturated heterocycles. The normalized spacial score (nSPS) is 12.7. The van der Waals surface area contributed by atoms with Gasteiger partial charge in [-0.25, -0.2) is 9.97 Å². The van der Waals surface area contributed by atoms with Gasteiger partial charge in [0.2, 0.25) is 5.91 Å². The molecule has 0 bridgehead atoms. The second-order valence-electron chi connectivity index (χ2n) is 4.17. The van der Waals surface area contributed by atoms with Crippen LogP contribution in [0.25, 0.3) is 0 Å². The quantitative estimate of drug-likeness (QED) is 0.760. The molecule has 3 N–H and O–H groups in total. The topological polar surface area (TPSA) is 103 Å². The number of carbonyl (C=O) groups excluding carboxylic acids is 1. The van der Waals surface area contributed by atoms with Gasteiger partial charge in [-0.05, 0) is 18.2 Å². The first-order chi connectivity index (χ1) is 9.76. The average molecular weight is 266 g/mol. The van der Waals surface area contributed by atoms with Crippen molar-refractivity contribution >= 4 is 28.9 Å². The number of rotatable bonds is 2. The van der Waals surface area contributed by atoms with Gasteiger partial charge in [-0.15, -0.1) is 0 Å². The molecular weight excluding hydrogens is 256 g/mol. The number of hydrogen-bond acceptors (Lipinski definition) is 6. The van der Waals surface area contributed by atoms with Crippen LogP contribution < -0.4 is 16.0 Å². The third-order valence-electron chi connectivity index (χ3n) is 2.78. The Morgan fingerprint density at radius 1 is 1.35 bits per heavy atom. The largest absolute Gasteiger partial charge is 0.359 e. The van der Waals surface area contributed by atoms with Crippen molar-refractivity contribution < 1.29 is 4.79 Å². The summed E-state index contributed by atoms with van der Waals surface area (Å²) >= 11 is 0. The van der Waals surface area contributed by atoms with Crippen LogP contribution in [0.1, 0.15) is 5.56 Å². The van der Waals surface area contributed by atoms with Gasteiger partial charge in [0, 0.05) is 5.69 Å². The van der Waals surface area contributed by atoms with Gasteiger partial charge in [0.1, 0.15) is 12.0 Å². The Labute approximate surface area is 114 Å². The second kappa shape index (κ2) is 4.85.